The molecule has 0 heterocycles. The van der Waals surface area contributed by atoms with Gasteiger partial charge in [0, 0.05) is 44.6 Å². The van der Waals surface area contributed by atoms with Gasteiger partial charge >= 0.3 is 17.9 Å². The second kappa shape index (κ2) is 43.8. The van der Waals surface area contributed by atoms with E-state index in [1.165, 1.54) is 57.8 Å². The van der Waals surface area contributed by atoms with Crippen LogP contribution in [0.1, 0.15) is 148 Å². The van der Waals surface area contributed by atoms with Crippen molar-refractivity contribution in [3.05, 3.63) is 12.3 Å². The third-order valence-corrected chi connectivity index (χ3v) is 10.4. The SMILES string of the molecule is C=C(COCCOCCNC(=O)COCCOCCNC(=O)CC[C@H](NC(=O)CCCCCCCCCCCCCCCCCCC(=O)O)C(=O)O)NCCCC[C@H](NP)C(=O)O. The molecule has 0 bridgehead atoms. The lowest BCUT2D eigenvalue weighted by atomic mass is 10.0. The molecule has 0 radical (unpaired) electrons. The Bertz CT molecular complexity index is 1230. The average Bonchev–Trinajstić information content (AvgIpc) is 3.24. The number of hydrogen-bond acceptors (Lipinski definition) is 12. The van der Waals surface area contributed by atoms with Gasteiger partial charge in [0.2, 0.25) is 17.7 Å². The lowest BCUT2D eigenvalue weighted by Crippen LogP contribution is -2.41. The van der Waals surface area contributed by atoms with E-state index in [1.54, 1.807) is 0 Å². The van der Waals surface area contributed by atoms with Crippen LogP contribution in [-0.4, -0.2) is 136 Å². The van der Waals surface area contributed by atoms with E-state index in [4.69, 9.17) is 29.2 Å². The van der Waals surface area contributed by atoms with Crippen LogP contribution in [0.5, 0.6) is 0 Å². The normalized spacial score (nSPS) is 12.0. The monoisotopic (exact) mass is 920 g/mol. The van der Waals surface area contributed by atoms with Gasteiger partial charge in [0.1, 0.15) is 18.7 Å². The molecule has 0 rings (SSSR count). The summed E-state index contributed by atoms with van der Waals surface area (Å²) in [6, 6.07) is -1.70. The third kappa shape index (κ3) is 42.3. The first-order valence-electron chi connectivity index (χ1n) is 23.1. The number of carboxylic acids is 3. The van der Waals surface area contributed by atoms with E-state index in [-0.39, 0.29) is 76.4 Å². The van der Waals surface area contributed by atoms with Gasteiger partial charge in [-0.3, -0.25) is 29.1 Å². The van der Waals surface area contributed by atoms with Crippen LogP contribution < -0.4 is 26.4 Å². The highest BCUT2D eigenvalue weighted by molar-refractivity contribution is 7.13. The van der Waals surface area contributed by atoms with E-state index in [2.05, 4.69) is 42.3 Å². The fourth-order valence-corrected chi connectivity index (χ4v) is 6.68. The number of unbranched alkanes of at least 4 members (excludes halogenated alkanes) is 16. The molecule has 0 aromatic carbocycles. The molecule has 0 aromatic rings. The predicted molar refractivity (Wildman–Crippen MR) is 244 cm³/mol. The lowest BCUT2D eigenvalue weighted by Gasteiger charge is -2.14. The molecule has 3 amide bonds. The molecule has 18 nitrogen and oxygen atoms in total. The van der Waals surface area contributed by atoms with Crippen LogP contribution in [0.3, 0.4) is 0 Å². The maximum atomic E-state index is 12.3. The van der Waals surface area contributed by atoms with Gasteiger partial charge in [-0.2, -0.15) is 0 Å². The molecule has 366 valence electrons. The summed E-state index contributed by atoms with van der Waals surface area (Å²) in [6.07, 6.45) is 20.4. The van der Waals surface area contributed by atoms with Gasteiger partial charge in [0.05, 0.1) is 46.2 Å². The average molecular weight is 920 g/mol. The first kappa shape index (κ1) is 59.6. The molecule has 8 N–H and O–H groups in total. The molecular weight excluding hydrogens is 837 g/mol. The molecule has 0 aliphatic rings. The topological polar surface area (TPSA) is 260 Å². The summed E-state index contributed by atoms with van der Waals surface area (Å²) in [4.78, 5) is 69.7. The van der Waals surface area contributed by atoms with Gasteiger partial charge in [0.15, 0.2) is 0 Å². The standard InChI is InChI=1S/C44H82N5O13P/c1-36(45-25-19-18-20-38(49-63)44(57)58)34-61-32-30-60-29-27-47-41(52)35-62-33-31-59-28-26-46-39(50)24-23-37(43(55)56)48-40(51)21-16-14-12-10-8-6-4-2-3-5-7-9-11-13-15-17-22-42(53)54/h37-38,45,49H,1-35,63H2,(H,46,50)(H,47,52)(H,48,51)(H,53,54)(H,55,56)(H,57,58)/t37-,38-/m0/s1. The summed E-state index contributed by atoms with van der Waals surface area (Å²) in [7, 11) is 2.23. The zero-order chi connectivity index (χ0) is 46.6. The summed E-state index contributed by atoms with van der Waals surface area (Å²) in [5.74, 6) is -3.71. The van der Waals surface area contributed by atoms with Crippen molar-refractivity contribution in [3.63, 3.8) is 0 Å². The highest BCUT2D eigenvalue weighted by Crippen LogP contribution is 2.14. The predicted octanol–water partition coefficient (Wildman–Crippen LogP) is 4.85. The number of carbonyl (C=O) groups excluding carboxylic acids is 3. The van der Waals surface area contributed by atoms with Crippen molar-refractivity contribution >= 4 is 45.0 Å². The molecule has 63 heavy (non-hydrogen) atoms. The number of rotatable bonds is 48. The molecule has 0 aliphatic carbocycles. The van der Waals surface area contributed by atoms with Crippen LogP contribution >= 0.6 is 9.39 Å². The Morgan fingerprint density at radius 1 is 0.444 bits per heavy atom. The molecule has 0 fully saturated rings. The highest BCUT2D eigenvalue weighted by Gasteiger charge is 2.21. The largest absolute Gasteiger partial charge is 0.481 e. The smallest absolute Gasteiger partial charge is 0.326 e. The highest BCUT2D eigenvalue weighted by atomic mass is 31.0. The number of carboxylic acid groups (broad SMARTS) is 3. The number of carbonyl (C=O) groups is 6. The maximum absolute atomic E-state index is 12.3. The number of hydrogen-bond donors (Lipinski definition) is 8. The first-order valence-corrected chi connectivity index (χ1v) is 23.7. The van der Waals surface area contributed by atoms with Gasteiger partial charge in [0.25, 0.3) is 0 Å². The summed E-state index contributed by atoms with van der Waals surface area (Å²) in [6.45, 7) is 6.93. The van der Waals surface area contributed by atoms with E-state index in [1.807, 2.05) is 0 Å². The number of nitrogens with one attached hydrogen (secondary N) is 5. The Kier molecular flexibility index (Phi) is 41.5. The van der Waals surface area contributed by atoms with E-state index < -0.39 is 30.0 Å². The van der Waals surface area contributed by atoms with Gasteiger partial charge < -0.3 is 55.5 Å². The van der Waals surface area contributed by atoms with Crippen molar-refractivity contribution < 1.29 is 63.0 Å². The van der Waals surface area contributed by atoms with Crippen molar-refractivity contribution in [2.45, 2.75) is 160 Å². The van der Waals surface area contributed by atoms with Crippen LogP contribution in [0.15, 0.2) is 12.3 Å². The Labute approximate surface area is 378 Å². The Morgan fingerprint density at radius 3 is 1.40 bits per heavy atom. The Morgan fingerprint density at radius 2 is 0.905 bits per heavy atom. The quantitative estimate of drug-likeness (QED) is 0.0300. The number of amides is 3. The zero-order valence-corrected chi connectivity index (χ0v) is 39.1. The molecule has 3 atom stereocenters. The van der Waals surface area contributed by atoms with Crippen molar-refractivity contribution in [3.8, 4) is 0 Å². The molecule has 19 heteroatoms. The van der Waals surface area contributed by atoms with Crippen LogP contribution in [0.4, 0.5) is 0 Å². The van der Waals surface area contributed by atoms with E-state index in [0.717, 1.165) is 57.1 Å². The molecule has 0 spiro atoms. The summed E-state index contributed by atoms with van der Waals surface area (Å²) >= 11 is 0. The second-order valence-corrected chi connectivity index (χ2v) is 16.0. The van der Waals surface area contributed by atoms with Crippen LogP contribution in [-0.2, 0) is 47.7 Å². The fourth-order valence-electron chi connectivity index (χ4n) is 6.37. The van der Waals surface area contributed by atoms with Crippen molar-refractivity contribution in [1.29, 1.82) is 0 Å². The van der Waals surface area contributed by atoms with Gasteiger partial charge in [-0.05, 0) is 38.5 Å². The second-order valence-electron chi connectivity index (χ2n) is 15.7. The summed E-state index contributed by atoms with van der Waals surface area (Å²) in [5.41, 5.74) is 0.727. The molecule has 1 unspecified atom stereocenters. The van der Waals surface area contributed by atoms with Crippen molar-refractivity contribution in [1.82, 2.24) is 26.4 Å². The zero-order valence-electron chi connectivity index (χ0n) is 37.9. The molecule has 0 saturated heterocycles. The maximum Gasteiger partial charge on any atom is 0.326 e. The van der Waals surface area contributed by atoms with Crippen LogP contribution in [0.25, 0.3) is 0 Å². The molecular formula is C44H82N5O13P. The molecule has 0 aromatic heterocycles. The van der Waals surface area contributed by atoms with E-state index in [0.29, 0.717) is 52.4 Å². The third-order valence-electron chi connectivity index (χ3n) is 10.0. The van der Waals surface area contributed by atoms with Gasteiger partial charge in [-0.25, -0.2) is 4.79 Å². The molecule has 0 aliphatic heterocycles. The van der Waals surface area contributed by atoms with Crippen LogP contribution in [0, 0.1) is 0 Å². The summed E-state index contributed by atoms with van der Waals surface area (Å²) in [5, 5.41) is 40.9. The Hall–Kier alpha value is -3.41. The lowest BCUT2D eigenvalue weighted by molar-refractivity contribution is -0.142. The van der Waals surface area contributed by atoms with E-state index >= 15 is 0 Å². The minimum atomic E-state index is -1.18. The number of aliphatic carboxylic acids is 3. The fraction of sp³-hybridized carbons (Fsp3) is 0.818. The summed E-state index contributed by atoms with van der Waals surface area (Å²) < 4.78 is 21.7. The molecule has 0 saturated carbocycles. The minimum absolute atomic E-state index is 0.0193. The van der Waals surface area contributed by atoms with Crippen LogP contribution in [0.2, 0.25) is 0 Å². The van der Waals surface area contributed by atoms with E-state index in [9.17, 15) is 33.9 Å². The van der Waals surface area contributed by atoms with Gasteiger partial charge in [-0.15, -0.1) is 0 Å². The first-order chi connectivity index (χ1) is 30.5. The van der Waals surface area contributed by atoms with Crippen molar-refractivity contribution in [2.24, 2.45) is 0 Å². The van der Waals surface area contributed by atoms with Crippen molar-refractivity contribution in [2.75, 3.05) is 72.5 Å². The number of ether oxygens (including phenoxy) is 4. The Balaban J connectivity index is 3.64. The minimum Gasteiger partial charge on any atom is -0.481 e. The van der Waals surface area contributed by atoms with Gasteiger partial charge in [-0.1, -0.05) is 106 Å².